The Morgan fingerprint density at radius 3 is 2.62 bits per heavy atom. The third kappa shape index (κ3) is 4.03. The number of aromatic nitrogens is 1. The van der Waals surface area contributed by atoms with Gasteiger partial charge in [0.05, 0.1) is 28.6 Å². The standard InChI is InChI=1S/C11H7NOS.C6H13NO2S/c1-2-4-9-8(3-1)11-10(5-6-13-9)14-7-12-11;1-10(8,9)7-5-3-2-4-6-7/h1-7H;2-6H2,1H3. The predicted octanol–water partition coefficient (Wildman–Crippen LogP) is 3.61. The highest BCUT2D eigenvalue weighted by Crippen LogP contribution is 2.35. The van der Waals surface area contributed by atoms with Crippen LogP contribution in [-0.2, 0) is 10.0 Å². The molecule has 0 aliphatic carbocycles. The third-order valence-electron chi connectivity index (χ3n) is 3.94. The van der Waals surface area contributed by atoms with Crippen LogP contribution in [0.2, 0.25) is 0 Å². The average Bonchev–Trinajstić information content (AvgIpc) is 2.97. The molecule has 0 unspecified atom stereocenters. The predicted molar refractivity (Wildman–Crippen MR) is 97.5 cm³/mol. The normalized spacial score (nSPS) is 16.9. The van der Waals surface area contributed by atoms with Crippen molar-refractivity contribution in [2.45, 2.75) is 19.3 Å². The summed E-state index contributed by atoms with van der Waals surface area (Å²) in [5.41, 5.74) is 3.94. The Hall–Kier alpha value is -1.70. The number of nitrogens with zero attached hydrogens (tertiary/aromatic N) is 2. The lowest BCUT2D eigenvalue weighted by atomic mass is 10.1. The fraction of sp³-hybridized carbons (Fsp3) is 0.353. The van der Waals surface area contributed by atoms with E-state index < -0.39 is 10.0 Å². The number of benzene rings is 1. The van der Waals surface area contributed by atoms with Crippen molar-refractivity contribution in [2.24, 2.45) is 0 Å². The second-order valence-electron chi connectivity index (χ2n) is 5.70. The lowest BCUT2D eigenvalue weighted by molar-refractivity contribution is 0.349. The van der Waals surface area contributed by atoms with Gasteiger partial charge in [-0.3, -0.25) is 0 Å². The van der Waals surface area contributed by atoms with Gasteiger partial charge in [-0.1, -0.05) is 18.6 Å². The highest BCUT2D eigenvalue weighted by molar-refractivity contribution is 7.88. The first-order valence-electron chi connectivity index (χ1n) is 7.87. The van der Waals surface area contributed by atoms with E-state index in [1.807, 2.05) is 35.9 Å². The van der Waals surface area contributed by atoms with Crippen LogP contribution in [0.25, 0.3) is 17.3 Å². The number of hydrogen-bond acceptors (Lipinski definition) is 5. The summed E-state index contributed by atoms with van der Waals surface area (Å²) in [7, 11) is -2.89. The Balaban J connectivity index is 0.000000150. The number of para-hydroxylation sites is 1. The maximum atomic E-state index is 10.9. The van der Waals surface area contributed by atoms with Crippen molar-refractivity contribution in [1.82, 2.24) is 9.29 Å². The smallest absolute Gasteiger partial charge is 0.211 e. The van der Waals surface area contributed by atoms with Crippen LogP contribution in [0.15, 0.2) is 36.0 Å². The SMILES string of the molecule is C1=Cc2scnc2-c2ccccc2O1.CS(=O)(=O)N1CCCCC1. The van der Waals surface area contributed by atoms with Crippen molar-refractivity contribution in [3.63, 3.8) is 0 Å². The van der Waals surface area contributed by atoms with Crippen molar-refractivity contribution >= 4 is 27.4 Å². The molecule has 1 saturated heterocycles. The number of rotatable bonds is 1. The van der Waals surface area contributed by atoms with Crippen molar-refractivity contribution in [3.8, 4) is 17.0 Å². The van der Waals surface area contributed by atoms with Crippen molar-refractivity contribution in [3.05, 3.63) is 40.9 Å². The van der Waals surface area contributed by atoms with Gasteiger partial charge >= 0.3 is 0 Å². The molecule has 5 nitrogen and oxygen atoms in total. The Morgan fingerprint density at radius 2 is 1.92 bits per heavy atom. The second kappa shape index (κ2) is 7.46. The molecule has 1 aromatic carbocycles. The summed E-state index contributed by atoms with van der Waals surface area (Å²) in [4.78, 5) is 5.49. The molecule has 0 N–H and O–H groups in total. The Labute approximate surface area is 146 Å². The van der Waals surface area contributed by atoms with E-state index in [9.17, 15) is 8.42 Å². The second-order valence-corrected chi connectivity index (χ2v) is 8.57. The van der Waals surface area contributed by atoms with Gasteiger partial charge in [0, 0.05) is 18.7 Å². The van der Waals surface area contributed by atoms with Crippen LogP contribution in [0.5, 0.6) is 5.75 Å². The first-order valence-corrected chi connectivity index (χ1v) is 10.6. The van der Waals surface area contributed by atoms with Crippen LogP contribution < -0.4 is 4.74 Å². The first kappa shape index (κ1) is 17.1. The van der Waals surface area contributed by atoms with E-state index in [0.717, 1.165) is 47.8 Å². The van der Waals surface area contributed by atoms with Crippen LogP contribution in [0.4, 0.5) is 0 Å². The maximum Gasteiger partial charge on any atom is 0.211 e. The number of sulfonamides is 1. The molecule has 4 rings (SSSR count). The van der Waals surface area contributed by atoms with Gasteiger partial charge in [-0.25, -0.2) is 17.7 Å². The third-order valence-corrected chi connectivity index (χ3v) is 6.03. The number of thiazole rings is 1. The van der Waals surface area contributed by atoms with Crippen LogP contribution in [0, 0.1) is 0 Å². The van der Waals surface area contributed by atoms with Gasteiger partial charge < -0.3 is 4.74 Å². The summed E-state index contributed by atoms with van der Waals surface area (Å²) in [6.45, 7) is 1.44. The minimum atomic E-state index is -2.89. The van der Waals surface area contributed by atoms with E-state index in [1.54, 1.807) is 21.9 Å². The monoisotopic (exact) mass is 364 g/mol. The van der Waals surface area contributed by atoms with Crippen LogP contribution in [0.1, 0.15) is 24.1 Å². The van der Waals surface area contributed by atoms with E-state index in [-0.39, 0.29) is 0 Å². The van der Waals surface area contributed by atoms with Crippen LogP contribution in [-0.4, -0.2) is 37.1 Å². The van der Waals surface area contributed by atoms with Crippen molar-refractivity contribution < 1.29 is 13.2 Å². The molecular formula is C17H20N2O3S2. The highest BCUT2D eigenvalue weighted by atomic mass is 32.2. The summed E-state index contributed by atoms with van der Waals surface area (Å²) < 4.78 is 28.9. The largest absolute Gasteiger partial charge is 0.464 e. The van der Waals surface area contributed by atoms with E-state index >= 15 is 0 Å². The topological polar surface area (TPSA) is 59.5 Å². The number of fused-ring (bicyclic) bond motifs is 3. The average molecular weight is 364 g/mol. The zero-order valence-corrected chi connectivity index (χ0v) is 15.1. The molecule has 7 heteroatoms. The number of piperidine rings is 1. The molecule has 0 radical (unpaired) electrons. The fourth-order valence-electron chi connectivity index (χ4n) is 2.71. The molecule has 128 valence electrons. The zero-order valence-electron chi connectivity index (χ0n) is 13.5. The molecule has 0 amide bonds. The van der Waals surface area contributed by atoms with Crippen LogP contribution in [0.3, 0.4) is 0 Å². The Morgan fingerprint density at radius 1 is 1.17 bits per heavy atom. The lowest BCUT2D eigenvalue weighted by Gasteiger charge is -2.23. The van der Waals surface area contributed by atoms with Gasteiger partial charge in [-0.2, -0.15) is 0 Å². The highest BCUT2D eigenvalue weighted by Gasteiger charge is 2.18. The molecule has 24 heavy (non-hydrogen) atoms. The molecule has 2 aromatic rings. The summed E-state index contributed by atoms with van der Waals surface area (Å²) in [6, 6.07) is 7.94. The summed E-state index contributed by atoms with van der Waals surface area (Å²) >= 11 is 1.62. The zero-order chi connectivity index (χ0) is 17.0. The Bertz CT molecular complexity index is 822. The van der Waals surface area contributed by atoms with Gasteiger partial charge in [0.1, 0.15) is 5.75 Å². The molecule has 0 bridgehead atoms. The summed E-state index contributed by atoms with van der Waals surface area (Å²) in [5, 5.41) is 0. The molecule has 3 heterocycles. The quantitative estimate of drug-likeness (QED) is 0.776. The van der Waals surface area contributed by atoms with Crippen LogP contribution >= 0.6 is 11.3 Å². The van der Waals surface area contributed by atoms with Gasteiger partial charge in [0.2, 0.25) is 10.0 Å². The van der Waals surface area contributed by atoms with Gasteiger partial charge in [0.25, 0.3) is 0 Å². The molecular weight excluding hydrogens is 344 g/mol. The number of hydrogen-bond donors (Lipinski definition) is 0. The molecule has 1 aromatic heterocycles. The number of ether oxygens (including phenoxy) is 1. The molecule has 0 atom stereocenters. The van der Waals surface area contributed by atoms with Crippen molar-refractivity contribution in [1.29, 1.82) is 0 Å². The summed E-state index contributed by atoms with van der Waals surface area (Å²) in [6.07, 6.45) is 8.15. The molecule has 1 fully saturated rings. The fourth-order valence-corrected chi connectivity index (χ4v) is 4.31. The molecule has 2 aliphatic rings. The lowest BCUT2D eigenvalue weighted by Crippen LogP contribution is -2.34. The molecule has 0 spiro atoms. The van der Waals surface area contributed by atoms with Gasteiger partial charge in [-0.15, -0.1) is 11.3 Å². The van der Waals surface area contributed by atoms with E-state index in [0.29, 0.717) is 0 Å². The van der Waals surface area contributed by atoms with E-state index in [2.05, 4.69) is 4.98 Å². The maximum absolute atomic E-state index is 10.9. The minimum Gasteiger partial charge on any atom is -0.464 e. The van der Waals surface area contributed by atoms with E-state index in [4.69, 9.17) is 4.74 Å². The first-order chi connectivity index (χ1) is 11.6. The molecule has 2 aliphatic heterocycles. The van der Waals surface area contributed by atoms with Gasteiger partial charge in [0.15, 0.2) is 0 Å². The van der Waals surface area contributed by atoms with Gasteiger partial charge in [-0.05, 0) is 31.1 Å². The minimum absolute atomic E-state index is 0.721. The Kier molecular flexibility index (Phi) is 5.33. The summed E-state index contributed by atoms with van der Waals surface area (Å²) in [5.74, 6) is 0.869. The molecule has 0 saturated carbocycles. The van der Waals surface area contributed by atoms with E-state index in [1.165, 1.54) is 12.7 Å². The van der Waals surface area contributed by atoms with Crippen molar-refractivity contribution in [2.75, 3.05) is 19.3 Å².